The summed E-state index contributed by atoms with van der Waals surface area (Å²) in [5, 5.41) is 0. The molecule has 2 aliphatic rings. The summed E-state index contributed by atoms with van der Waals surface area (Å²) in [6, 6.07) is 5.36. The van der Waals surface area contributed by atoms with Crippen molar-refractivity contribution in [2.24, 2.45) is 0 Å². The van der Waals surface area contributed by atoms with E-state index in [1.807, 2.05) is 0 Å². The van der Waals surface area contributed by atoms with E-state index in [1.165, 1.54) is 20.7 Å². The van der Waals surface area contributed by atoms with Crippen molar-refractivity contribution in [1.82, 2.24) is 18.4 Å². The van der Waals surface area contributed by atoms with E-state index in [4.69, 9.17) is 4.74 Å². The number of hydrogen-bond acceptors (Lipinski definition) is 5. The lowest BCUT2D eigenvalue weighted by atomic mass is 10.0. The molecule has 0 aromatic heterocycles. The molecule has 0 bridgehead atoms. The molecule has 2 heterocycles. The van der Waals surface area contributed by atoms with E-state index in [1.54, 1.807) is 36.0 Å². The number of halogens is 1. The van der Waals surface area contributed by atoms with Crippen LogP contribution in [-0.2, 0) is 19.7 Å². The highest BCUT2D eigenvalue weighted by molar-refractivity contribution is 7.86. The highest BCUT2D eigenvalue weighted by Crippen LogP contribution is 2.23. The van der Waals surface area contributed by atoms with Gasteiger partial charge in [-0.05, 0) is 31.8 Å². The van der Waals surface area contributed by atoms with Gasteiger partial charge in [-0.25, -0.2) is 4.39 Å². The number of carbonyl (C=O) groups is 1. The Kier molecular flexibility index (Phi) is 6.66. The fourth-order valence-electron chi connectivity index (χ4n) is 3.56. The molecule has 1 amide bonds. The fourth-order valence-corrected chi connectivity index (χ4v) is 5.12. The average Bonchev–Trinajstić information content (AvgIpc) is 2.70. The van der Waals surface area contributed by atoms with E-state index in [2.05, 4.69) is 0 Å². The summed E-state index contributed by atoms with van der Waals surface area (Å²) in [4.78, 5) is 16.5. The molecule has 0 radical (unpaired) electrons. The van der Waals surface area contributed by atoms with Crippen molar-refractivity contribution >= 4 is 16.1 Å². The van der Waals surface area contributed by atoms with Crippen molar-refractivity contribution in [3.63, 3.8) is 0 Å². The Bertz CT molecular complexity index is 773. The number of carbonyl (C=O) groups excluding carboxylic acids is 1. The third-order valence-electron chi connectivity index (χ3n) is 5.11. The Balaban J connectivity index is 1.66. The van der Waals surface area contributed by atoms with Crippen LogP contribution in [0.4, 0.5) is 4.39 Å². The zero-order chi connectivity index (χ0) is 20.3. The number of morpholine rings is 1. The van der Waals surface area contributed by atoms with Gasteiger partial charge in [-0.1, -0.05) is 12.1 Å². The quantitative estimate of drug-likeness (QED) is 0.686. The van der Waals surface area contributed by atoms with Crippen LogP contribution in [0.2, 0.25) is 0 Å². The van der Waals surface area contributed by atoms with Crippen LogP contribution >= 0.6 is 0 Å². The van der Waals surface area contributed by atoms with Gasteiger partial charge in [0.05, 0.1) is 13.2 Å². The van der Waals surface area contributed by atoms with Crippen molar-refractivity contribution in [1.29, 1.82) is 0 Å². The molecule has 0 N–H and O–H groups in total. The second kappa shape index (κ2) is 8.83. The van der Waals surface area contributed by atoms with Gasteiger partial charge in [0.15, 0.2) is 0 Å². The smallest absolute Gasteiger partial charge is 0.282 e. The maximum absolute atomic E-state index is 13.2. The van der Waals surface area contributed by atoms with Crippen molar-refractivity contribution in [3.05, 3.63) is 35.6 Å². The van der Waals surface area contributed by atoms with Crippen LogP contribution in [0, 0.1) is 5.82 Å². The first-order valence-electron chi connectivity index (χ1n) is 9.34. The predicted octanol–water partition coefficient (Wildman–Crippen LogP) is 0.150. The Morgan fingerprint density at radius 2 is 1.54 bits per heavy atom. The molecule has 0 spiro atoms. The summed E-state index contributed by atoms with van der Waals surface area (Å²) in [7, 11) is 0.0623. The summed E-state index contributed by atoms with van der Waals surface area (Å²) in [6.07, 6.45) is 0. The summed E-state index contributed by atoms with van der Waals surface area (Å²) >= 11 is 0. The monoisotopic (exact) mass is 414 g/mol. The molecule has 2 saturated heterocycles. The molecule has 2 aliphatic heterocycles. The van der Waals surface area contributed by atoms with Crippen LogP contribution in [0.5, 0.6) is 0 Å². The van der Waals surface area contributed by atoms with Crippen molar-refractivity contribution in [2.45, 2.75) is 6.04 Å². The topological polar surface area (TPSA) is 73.4 Å². The fraction of sp³-hybridized carbons (Fsp3) is 0.611. The first kappa shape index (κ1) is 21.1. The number of piperazine rings is 1. The normalized spacial score (nSPS) is 21.1. The zero-order valence-electron chi connectivity index (χ0n) is 16.3. The van der Waals surface area contributed by atoms with E-state index in [0.717, 1.165) is 0 Å². The summed E-state index contributed by atoms with van der Waals surface area (Å²) in [5.41, 5.74) is 0.708. The number of ether oxygens (including phenoxy) is 1. The Hall–Kier alpha value is -1.59. The third kappa shape index (κ3) is 4.52. The number of likely N-dealkylation sites (N-methyl/N-ethyl adjacent to an activating group) is 1. The van der Waals surface area contributed by atoms with Gasteiger partial charge in [0.25, 0.3) is 10.2 Å². The first-order valence-corrected chi connectivity index (χ1v) is 10.7. The van der Waals surface area contributed by atoms with Crippen molar-refractivity contribution < 1.29 is 22.3 Å². The van der Waals surface area contributed by atoms with Gasteiger partial charge in [-0.15, -0.1) is 0 Å². The molecule has 1 aromatic rings. The van der Waals surface area contributed by atoms with E-state index >= 15 is 0 Å². The molecule has 0 aliphatic carbocycles. The van der Waals surface area contributed by atoms with Gasteiger partial charge in [0, 0.05) is 39.3 Å². The van der Waals surface area contributed by atoms with Crippen LogP contribution in [0.3, 0.4) is 0 Å². The molecular formula is C18H27FN4O4S. The molecule has 1 aromatic carbocycles. The van der Waals surface area contributed by atoms with Gasteiger partial charge < -0.3 is 9.64 Å². The number of nitrogens with zero attached hydrogens (tertiary/aromatic N) is 4. The second-order valence-electron chi connectivity index (χ2n) is 7.16. The number of amides is 1. The minimum atomic E-state index is -3.53. The van der Waals surface area contributed by atoms with Crippen LogP contribution in [0.25, 0.3) is 0 Å². The maximum Gasteiger partial charge on any atom is 0.282 e. The lowest BCUT2D eigenvalue weighted by molar-refractivity contribution is -0.137. The molecule has 0 saturated carbocycles. The second-order valence-corrected chi connectivity index (χ2v) is 9.09. The summed E-state index contributed by atoms with van der Waals surface area (Å²) in [5.74, 6) is -0.462. The number of benzene rings is 1. The summed E-state index contributed by atoms with van der Waals surface area (Å²) in [6.45, 7) is 2.69. The number of hydrogen-bond donors (Lipinski definition) is 0. The highest BCUT2D eigenvalue weighted by Gasteiger charge is 2.36. The minimum absolute atomic E-state index is 0.111. The van der Waals surface area contributed by atoms with Crippen molar-refractivity contribution in [3.8, 4) is 0 Å². The van der Waals surface area contributed by atoms with E-state index in [9.17, 15) is 17.6 Å². The maximum atomic E-state index is 13.2. The Morgan fingerprint density at radius 1 is 1.00 bits per heavy atom. The molecule has 156 valence electrons. The number of rotatable bonds is 5. The van der Waals surface area contributed by atoms with E-state index < -0.39 is 16.3 Å². The molecule has 8 nitrogen and oxygen atoms in total. The van der Waals surface area contributed by atoms with E-state index in [0.29, 0.717) is 45.0 Å². The zero-order valence-corrected chi connectivity index (χ0v) is 17.1. The van der Waals surface area contributed by atoms with Gasteiger partial charge >= 0.3 is 0 Å². The molecule has 0 unspecified atom stereocenters. The highest BCUT2D eigenvalue weighted by atomic mass is 32.2. The van der Waals surface area contributed by atoms with Crippen molar-refractivity contribution in [2.75, 3.05) is 66.6 Å². The van der Waals surface area contributed by atoms with Gasteiger partial charge in [-0.2, -0.15) is 17.0 Å². The third-order valence-corrected chi connectivity index (χ3v) is 7.14. The van der Waals surface area contributed by atoms with E-state index in [-0.39, 0.29) is 24.8 Å². The predicted molar refractivity (Wildman–Crippen MR) is 102 cm³/mol. The van der Waals surface area contributed by atoms with Gasteiger partial charge in [0.2, 0.25) is 5.91 Å². The molecule has 1 atom stereocenters. The molecule has 3 rings (SSSR count). The largest absolute Gasteiger partial charge is 0.379 e. The molecule has 2 fully saturated rings. The lowest BCUT2D eigenvalue weighted by Gasteiger charge is -2.39. The minimum Gasteiger partial charge on any atom is -0.379 e. The Morgan fingerprint density at radius 3 is 2.07 bits per heavy atom. The van der Waals surface area contributed by atoms with Crippen LogP contribution in [0.1, 0.15) is 11.6 Å². The summed E-state index contributed by atoms with van der Waals surface area (Å²) < 4.78 is 46.9. The standard InChI is InChI=1S/C18H27FN4O4S/c1-20(2)17(15-3-5-16(19)6-4-15)18(24)21-7-9-22(10-8-21)28(25,26)23-11-13-27-14-12-23/h3-6,17H,7-14H2,1-2H3/t17-/m1/s1. The van der Waals surface area contributed by atoms with Gasteiger partial charge in [0.1, 0.15) is 11.9 Å². The van der Waals surface area contributed by atoms with Crippen LogP contribution in [-0.4, -0.2) is 99.3 Å². The Labute approximate surface area is 165 Å². The molecule has 10 heteroatoms. The SMILES string of the molecule is CN(C)[C@@H](C(=O)N1CCN(S(=O)(=O)N2CCOCC2)CC1)c1ccc(F)cc1. The van der Waals surface area contributed by atoms with Crippen LogP contribution < -0.4 is 0 Å². The molecule has 28 heavy (non-hydrogen) atoms. The molecular weight excluding hydrogens is 387 g/mol. The van der Waals surface area contributed by atoms with Gasteiger partial charge in [-0.3, -0.25) is 9.69 Å². The lowest BCUT2D eigenvalue weighted by Crippen LogP contribution is -2.56. The first-order chi connectivity index (χ1) is 13.3. The average molecular weight is 415 g/mol. The van der Waals surface area contributed by atoms with Crippen LogP contribution in [0.15, 0.2) is 24.3 Å².